The Kier molecular flexibility index (Phi) is 7.30. The number of nitrogens with two attached hydrogens (primary N) is 1. The number of imidazole rings is 1. The highest BCUT2D eigenvalue weighted by molar-refractivity contribution is 5.78. The Morgan fingerprint density at radius 2 is 1.78 bits per heavy atom. The molecule has 9 nitrogen and oxygen atoms in total. The van der Waals surface area contributed by atoms with Crippen molar-refractivity contribution < 1.29 is 4.74 Å². The van der Waals surface area contributed by atoms with Crippen LogP contribution in [0.25, 0.3) is 16.9 Å². The van der Waals surface area contributed by atoms with Gasteiger partial charge in [-0.15, -0.1) is 0 Å². The number of anilines is 2. The summed E-state index contributed by atoms with van der Waals surface area (Å²) < 4.78 is 9.14. The second-order valence-electron chi connectivity index (χ2n) is 9.53. The topological polar surface area (TPSA) is 94.4 Å². The van der Waals surface area contributed by atoms with Crippen LogP contribution in [0.5, 0.6) is 5.75 Å². The van der Waals surface area contributed by atoms with Crippen molar-refractivity contribution in [1.82, 2.24) is 24.0 Å². The van der Waals surface area contributed by atoms with Crippen LogP contribution in [0.15, 0.2) is 53.5 Å². The first-order valence-electron chi connectivity index (χ1n) is 12.1. The third-order valence-electron chi connectivity index (χ3n) is 6.29. The molecule has 36 heavy (non-hydrogen) atoms. The predicted molar refractivity (Wildman–Crippen MR) is 146 cm³/mol. The number of fused-ring (bicyclic) bond motifs is 1. The van der Waals surface area contributed by atoms with Gasteiger partial charge in [0, 0.05) is 50.4 Å². The van der Waals surface area contributed by atoms with Crippen molar-refractivity contribution in [1.29, 1.82) is 0 Å². The summed E-state index contributed by atoms with van der Waals surface area (Å²) in [5.41, 5.74) is 10.5. The molecule has 0 amide bonds. The van der Waals surface area contributed by atoms with E-state index in [2.05, 4.69) is 14.8 Å². The lowest BCUT2D eigenvalue weighted by molar-refractivity contribution is 0.409. The van der Waals surface area contributed by atoms with Gasteiger partial charge in [0.05, 0.1) is 29.5 Å². The van der Waals surface area contributed by atoms with Crippen LogP contribution < -0.4 is 21.1 Å². The smallest absolute Gasteiger partial charge is 0.335 e. The van der Waals surface area contributed by atoms with Crippen LogP contribution in [-0.2, 0) is 6.42 Å². The minimum atomic E-state index is -0.122. The first-order chi connectivity index (χ1) is 17.2. The zero-order chi connectivity index (χ0) is 26.0. The van der Waals surface area contributed by atoms with E-state index in [0.29, 0.717) is 23.8 Å². The fourth-order valence-corrected chi connectivity index (χ4v) is 4.42. The van der Waals surface area contributed by atoms with Crippen LogP contribution >= 0.6 is 0 Å². The molecule has 4 rings (SSSR count). The third kappa shape index (κ3) is 4.92. The van der Waals surface area contributed by atoms with Gasteiger partial charge in [-0.1, -0.05) is 12.1 Å². The minimum Gasteiger partial charge on any atom is -0.496 e. The Bertz CT molecular complexity index is 1420. The van der Waals surface area contributed by atoms with E-state index in [1.165, 1.54) is 0 Å². The van der Waals surface area contributed by atoms with E-state index in [-0.39, 0.29) is 11.7 Å². The molecule has 9 heteroatoms. The van der Waals surface area contributed by atoms with Crippen LogP contribution in [0.4, 0.5) is 11.4 Å². The Morgan fingerprint density at radius 1 is 1.06 bits per heavy atom. The zero-order valence-electron chi connectivity index (χ0n) is 21.9. The summed E-state index contributed by atoms with van der Waals surface area (Å²) in [6.45, 7) is 5.75. The highest BCUT2D eigenvalue weighted by Gasteiger charge is 2.18. The summed E-state index contributed by atoms with van der Waals surface area (Å²) in [4.78, 5) is 26.9. The van der Waals surface area contributed by atoms with Gasteiger partial charge in [-0.05, 0) is 52.2 Å². The lowest BCUT2D eigenvalue weighted by Crippen LogP contribution is -2.29. The largest absolute Gasteiger partial charge is 0.496 e. The lowest BCUT2D eigenvalue weighted by Gasteiger charge is -2.24. The Morgan fingerprint density at radius 3 is 2.44 bits per heavy atom. The molecule has 4 aromatic rings. The Balaban J connectivity index is 1.70. The quantitative estimate of drug-likeness (QED) is 0.360. The molecule has 0 radical (unpaired) electrons. The molecule has 2 aromatic carbocycles. The van der Waals surface area contributed by atoms with Crippen molar-refractivity contribution in [2.45, 2.75) is 26.3 Å². The molecule has 0 saturated heterocycles. The monoisotopic (exact) mass is 489 g/mol. The highest BCUT2D eigenvalue weighted by atomic mass is 16.5. The minimum absolute atomic E-state index is 0.0200. The average Bonchev–Trinajstić information content (AvgIpc) is 3.14. The second kappa shape index (κ2) is 10.4. The molecule has 190 valence electrons. The normalized spacial score (nSPS) is 11.6. The summed E-state index contributed by atoms with van der Waals surface area (Å²) in [5.74, 6) is 1.83. The molecule has 0 aliphatic heterocycles. The summed E-state index contributed by atoms with van der Waals surface area (Å²) >= 11 is 0. The number of methoxy groups -OCH3 is 1. The van der Waals surface area contributed by atoms with E-state index in [1.807, 2.05) is 71.4 Å². The van der Waals surface area contributed by atoms with Crippen molar-refractivity contribution in [3.8, 4) is 11.6 Å². The average molecular weight is 490 g/mol. The summed E-state index contributed by atoms with van der Waals surface area (Å²) in [6, 6.07) is 13.4. The number of para-hydroxylation sites is 2. The number of rotatable bonds is 9. The van der Waals surface area contributed by atoms with Crippen LogP contribution in [0.3, 0.4) is 0 Å². The molecule has 2 N–H and O–H groups in total. The maximum Gasteiger partial charge on any atom is 0.335 e. The first-order valence-corrected chi connectivity index (χ1v) is 12.1. The van der Waals surface area contributed by atoms with Gasteiger partial charge >= 0.3 is 5.69 Å². The number of nitrogen functional groups attached to an aromatic ring is 1. The summed E-state index contributed by atoms with van der Waals surface area (Å²) in [5, 5.41) is 0. The van der Waals surface area contributed by atoms with Gasteiger partial charge in [0.15, 0.2) is 0 Å². The van der Waals surface area contributed by atoms with E-state index in [4.69, 9.17) is 15.5 Å². The Labute approximate surface area is 211 Å². The summed E-state index contributed by atoms with van der Waals surface area (Å²) in [6.07, 6.45) is 2.10. The fraction of sp³-hybridized carbons (Fsp3) is 0.370. The van der Waals surface area contributed by atoms with E-state index in [9.17, 15) is 4.79 Å². The number of aromatic nitrogens is 4. The number of nitrogens with zero attached hydrogens (tertiary/aromatic N) is 6. The maximum atomic E-state index is 13.4. The molecule has 0 spiro atoms. The predicted octanol–water partition coefficient (Wildman–Crippen LogP) is 3.34. The molecule has 2 aromatic heterocycles. The number of hydrogen-bond acceptors (Lipinski definition) is 7. The van der Waals surface area contributed by atoms with Gasteiger partial charge in [0.25, 0.3) is 0 Å². The van der Waals surface area contributed by atoms with Crippen LogP contribution in [0, 0.1) is 0 Å². The Hall–Kier alpha value is -3.85. The van der Waals surface area contributed by atoms with E-state index in [1.54, 1.807) is 28.5 Å². The highest BCUT2D eigenvalue weighted by Crippen LogP contribution is 2.32. The van der Waals surface area contributed by atoms with Gasteiger partial charge in [-0.25, -0.2) is 19.3 Å². The van der Waals surface area contributed by atoms with Crippen LogP contribution in [0.1, 0.15) is 31.3 Å². The first kappa shape index (κ1) is 25.2. The van der Waals surface area contributed by atoms with Crippen molar-refractivity contribution in [2.75, 3.05) is 52.0 Å². The molecular formula is C27H35N7O2. The zero-order valence-corrected chi connectivity index (χ0v) is 21.9. The van der Waals surface area contributed by atoms with E-state index < -0.39 is 0 Å². The van der Waals surface area contributed by atoms with Gasteiger partial charge in [-0.3, -0.25) is 4.57 Å². The van der Waals surface area contributed by atoms with Crippen molar-refractivity contribution >= 4 is 22.4 Å². The molecule has 0 atom stereocenters. The van der Waals surface area contributed by atoms with Gasteiger partial charge in [-0.2, -0.15) is 0 Å². The van der Waals surface area contributed by atoms with E-state index >= 15 is 0 Å². The maximum absolute atomic E-state index is 13.4. The van der Waals surface area contributed by atoms with Crippen molar-refractivity contribution in [3.05, 3.63) is 70.5 Å². The molecule has 0 fully saturated rings. The fourth-order valence-electron chi connectivity index (χ4n) is 4.42. The number of likely N-dealkylation sites (N-methyl/N-ethyl adjacent to an activating group) is 2. The third-order valence-corrected chi connectivity index (χ3v) is 6.29. The molecule has 0 bridgehead atoms. The van der Waals surface area contributed by atoms with E-state index in [0.717, 1.165) is 41.1 Å². The molecular weight excluding hydrogens is 454 g/mol. The molecule has 0 unspecified atom stereocenters. The van der Waals surface area contributed by atoms with Crippen molar-refractivity contribution in [2.24, 2.45) is 0 Å². The molecule has 2 heterocycles. The van der Waals surface area contributed by atoms with Gasteiger partial charge < -0.3 is 20.3 Å². The summed E-state index contributed by atoms with van der Waals surface area (Å²) in [7, 11) is 7.76. The SMILES string of the molecule is COc1cc(N(C)CCN(C)C)c(N)cc1Cc1nccc(-n2c(=O)n(C(C)C)c3ccccc32)n1. The number of hydrogen-bond donors (Lipinski definition) is 1. The van der Waals surface area contributed by atoms with Crippen molar-refractivity contribution in [3.63, 3.8) is 0 Å². The van der Waals surface area contributed by atoms with Crippen LogP contribution in [0.2, 0.25) is 0 Å². The number of ether oxygens (including phenoxy) is 1. The lowest BCUT2D eigenvalue weighted by atomic mass is 10.1. The standard InChI is InChI=1S/C27H35N7O2/c1-18(2)33-21-9-7-8-10-22(21)34(27(33)35)26-11-12-29-25(30-26)16-19-15-20(28)23(17-24(19)36-6)32(5)14-13-31(3)4/h7-12,15,17-18H,13-14,16,28H2,1-6H3. The van der Waals surface area contributed by atoms with Gasteiger partial charge in [0.1, 0.15) is 17.4 Å². The molecule has 0 aliphatic rings. The second-order valence-corrected chi connectivity index (χ2v) is 9.53. The molecule has 0 saturated carbocycles. The molecule has 0 aliphatic carbocycles. The van der Waals surface area contributed by atoms with Crippen LogP contribution in [-0.4, -0.2) is 65.3 Å². The number of benzene rings is 2. The van der Waals surface area contributed by atoms with Gasteiger partial charge in [0.2, 0.25) is 0 Å².